The van der Waals surface area contributed by atoms with Crippen LogP contribution in [0.3, 0.4) is 0 Å². The van der Waals surface area contributed by atoms with Gasteiger partial charge in [-0.1, -0.05) is 24.3 Å². The molecule has 2 aromatic carbocycles. The van der Waals surface area contributed by atoms with E-state index in [-0.39, 0.29) is 12.6 Å². The first-order valence-corrected chi connectivity index (χ1v) is 11.1. The average Bonchev–Trinajstić information content (AvgIpc) is 2.58. The van der Waals surface area contributed by atoms with Crippen LogP contribution in [0.1, 0.15) is 19.4 Å². The van der Waals surface area contributed by atoms with E-state index in [2.05, 4.69) is 21.2 Å². The summed E-state index contributed by atoms with van der Waals surface area (Å²) in [6, 6.07) is 14.3. The second-order valence-corrected chi connectivity index (χ2v) is 9.07. The minimum Gasteiger partial charge on any atom is -0.491 e. The molecule has 0 aliphatic carbocycles. The van der Waals surface area contributed by atoms with Crippen molar-refractivity contribution in [3.63, 3.8) is 0 Å². The van der Waals surface area contributed by atoms with E-state index in [0.717, 1.165) is 21.9 Å². The molecule has 0 aliphatic rings. The van der Waals surface area contributed by atoms with Gasteiger partial charge in [0.1, 0.15) is 12.3 Å². The molecular weight excluding hydrogens is 432 g/mol. The molecule has 1 N–H and O–H groups in total. The number of amides is 1. The van der Waals surface area contributed by atoms with Gasteiger partial charge in [-0.25, -0.2) is 8.42 Å². The first kappa shape index (κ1) is 21.2. The van der Waals surface area contributed by atoms with Crippen molar-refractivity contribution in [3.8, 4) is 5.75 Å². The summed E-state index contributed by atoms with van der Waals surface area (Å²) < 4.78 is 31.5. The maximum atomic E-state index is 12.3. The lowest BCUT2D eigenvalue weighted by Gasteiger charge is -2.23. The van der Waals surface area contributed by atoms with Gasteiger partial charge in [0, 0.05) is 11.0 Å². The quantitative estimate of drug-likeness (QED) is 0.663. The summed E-state index contributed by atoms with van der Waals surface area (Å²) in [6.07, 6.45) is 1.17. The van der Waals surface area contributed by atoms with Crippen LogP contribution < -0.4 is 14.4 Å². The largest absolute Gasteiger partial charge is 0.491 e. The lowest BCUT2D eigenvalue weighted by molar-refractivity contribution is -0.119. The van der Waals surface area contributed by atoms with Crippen LogP contribution in [0.15, 0.2) is 53.0 Å². The van der Waals surface area contributed by atoms with E-state index in [1.165, 1.54) is 0 Å². The van der Waals surface area contributed by atoms with Gasteiger partial charge in [-0.2, -0.15) is 0 Å². The Hall–Kier alpha value is -2.06. The van der Waals surface area contributed by atoms with Crippen LogP contribution in [-0.2, 0) is 21.4 Å². The molecule has 0 bridgehead atoms. The molecule has 0 fully saturated rings. The van der Waals surface area contributed by atoms with Gasteiger partial charge in [-0.3, -0.25) is 9.10 Å². The highest BCUT2D eigenvalue weighted by molar-refractivity contribution is 9.10. The summed E-state index contributed by atoms with van der Waals surface area (Å²) in [6.45, 7) is 3.91. The van der Waals surface area contributed by atoms with Gasteiger partial charge in [0.05, 0.1) is 18.0 Å². The van der Waals surface area contributed by atoms with E-state index < -0.39 is 15.9 Å². The van der Waals surface area contributed by atoms with Crippen molar-refractivity contribution < 1.29 is 17.9 Å². The molecule has 0 atom stereocenters. The number of benzene rings is 2. The van der Waals surface area contributed by atoms with Crippen LogP contribution in [0.25, 0.3) is 0 Å². The van der Waals surface area contributed by atoms with Crippen LogP contribution in [0, 0.1) is 0 Å². The smallest absolute Gasteiger partial charge is 0.241 e. The molecule has 8 heteroatoms. The van der Waals surface area contributed by atoms with Crippen molar-refractivity contribution in [1.82, 2.24) is 5.32 Å². The summed E-state index contributed by atoms with van der Waals surface area (Å²) >= 11 is 3.33. The highest BCUT2D eigenvalue weighted by Gasteiger charge is 2.22. The first-order chi connectivity index (χ1) is 12.7. The second-order valence-electron chi connectivity index (χ2n) is 6.31. The highest BCUT2D eigenvalue weighted by atomic mass is 79.9. The topological polar surface area (TPSA) is 75.7 Å². The third kappa shape index (κ3) is 6.55. The van der Waals surface area contributed by atoms with Crippen molar-refractivity contribution in [2.75, 3.05) is 17.1 Å². The number of sulfonamides is 1. The van der Waals surface area contributed by atoms with Crippen molar-refractivity contribution in [1.29, 1.82) is 0 Å². The molecule has 27 heavy (non-hydrogen) atoms. The minimum atomic E-state index is -3.61. The number of nitrogens with one attached hydrogen (secondary N) is 1. The van der Waals surface area contributed by atoms with Gasteiger partial charge in [-0.05, 0) is 59.6 Å². The van der Waals surface area contributed by atoms with E-state index in [4.69, 9.17) is 4.74 Å². The standard InChI is InChI=1S/C19H23BrN2O4S/c1-14(2)26-16-10-8-15(9-11-16)12-21-19(23)13-22(27(3,24)25)18-7-5-4-6-17(18)20/h4-11,14H,12-13H2,1-3H3,(H,21,23). The first-order valence-electron chi connectivity index (χ1n) is 8.41. The lowest BCUT2D eigenvalue weighted by atomic mass is 10.2. The molecule has 2 rings (SSSR count). The third-order valence-corrected chi connectivity index (χ3v) is 5.39. The lowest BCUT2D eigenvalue weighted by Crippen LogP contribution is -2.40. The molecule has 0 unspecified atom stereocenters. The minimum absolute atomic E-state index is 0.0924. The number of carbonyl (C=O) groups is 1. The monoisotopic (exact) mass is 454 g/mol. The van der Waals surface area contributed by atoms with E-state index in [0.29, 0.717) is 16.7 Å². The zero-order valence-electron chi connectivity index (χ0n) is 15.5. The zero-order chi connectivity index (χ0) is 20.0. The summed E-state index contributed by atoms with van der Waals surface area (Å²) in [5.41, 5.74) is 1.32. The van der Waals surface area contributed by atoms with Gasteiger partial charge < -0.3 is 10.1 Å². The van der Waals surface area contributed by atoms with Crippen LogP contribution in [0.5, 0.6) is 5.75 Å². The fourth-order valence-corrected chi connectivity index (χ4v) is 3.86. The van der Waals surface area contributed by atoms with Gasteiger partial charge in [0.15, 0.2) is 0 Å². The van der Waals surface area contributed by atoms with Gasteiger partial charge in [0.25, 0.3) is 0 Å². The molecule has 146 valence electrons. The summed E-state index contributed by atoms with van der Waals surface area (Å²) in [4.78, 5) is 12.3. The Morgan fingerprint density at radius 3 is 2.33 bits per heavy atom. The molecule has 0 saturated carbocycles. The number of anilines is 1. The van der Waals surface area contributed by atoms with Gasteiger partial charge >= 0.3 is 0 Å². The SMILES string of the molecule is CC(C)Oc1ccc(CNC(=O)CN(c2ccccc2Br)S(C)(=O)=O)cc1. The third-order valence-electron chi connectivity index (χ3n) is 3.59. The predicted octanol–water partition coefficient (Wildman–Crippen LogP) is 3.32. The Morgan fingerprint density at radius 1 is 1.15 bits per heavy atom. The molecule has 1 amide bonds. The average molecular weight is 455 g/mol. The van der Waals surface area contributed by atoms with Crippen molar-refractivity contribution in [3.05, 3.63) is 58.6 Å². The number of rotatable bonds is 8. The molecule has 0 aliphatic heterocycles. The second kappa shape index (κ2) is 9.23. The van der Waals surface area contributed by atoms with Crippen molar-refractivity contribution in [2.24, 2.45) is 0 Å². The summed E-state index contributed by atoms with van der Waals surface area (Å²) in [5, 5.41) is 2.75. The number of carbonyl (C=O) groups excluding carboxylic acids is 1. The molecule has 2 aromatic rings. The Bertz CT molecular complexity index is 883. The van der Waals surface area contributed by atoms with Gasteiger partial charge in [-0.15, -0.1) is 0 Å². The Morgan fingerprint density at radius 2 is 1.78 bits per heavy atom. The number of ether oxygens (including phenoxy) is 1. The number of nitrogens with zero attached hydrogens (tertiary/aromatic N) is 1. The van der Waals surface area contributed by atoms with Crippen molar-refractivity contribution in [2.45, 2.75) is 26.5 Å². The van der Waals surface area contributed by atoms with E-state index >= 15 is 0 Å². The Kier molecular flexibility index (Phi) is 7.26. The predicted molar refractivity (Wildman–Crippen MR) is 110 cm³/mol. The molecule has 0 spiro atoms. The maximum absolute atomic E-state index is 12.3. The zero-order valence-corrected chi connectivity index (χ0v) is 17.9. The number of halogens is 1. The normalized spacial score (nSPS) is 11.3. The molecular formula is C19H23BrN2O4S. The van der Waals surface area contributed by atoms with Crippen LogP contribution in [0.4, 0.5) is 5.69 Å². The van der Waals surface area contributed by atoms with E-state index in [1.54, 1.807) is 24.3 Å². The van der Waals surface area contributed by atoms with Crippen LogP contribution in [0.2, 0.25) is 0 Å². The summed E-state index contributed by atoms with van der Waals surface area (Å²) in [5.74, 6) is 0.371. The molecule has 0 saturated heterocycles. The Labute approximate surface area is 168 Å². The van der Waals surface area contributed by atoms with Crippen molar-refractivity contribution >= 4 is 37.5 Å². The Balaban J connectivity index is 2.01. The fourth-order valence-electron chi connectivity index (χ4n) is 2.38. The van der Waals surface area contributed by atoms with Crippen LogP contribution >= 0.6 is 15.9 Å². The van der Waals surface area contributed by atoms with Crippen LogP contribution in [-0.4, -0.2) is 33.2 Å². The highest BCUT2D eigenvalue weighted by Crippen LogP contribution is 2.27. The fraction of sp³-hybridized carbons (Fsp3) is 0.316. The molecule has 0 aromatic heterocycles. The molecule has 0 heterocycles. The number of hydrogen-bond acceptors (Lipinski definition) is 4. The van der Waals surface area contributed by atoms with Gasteiger partial charge in [0.2, 0.25) is 15.9 Å². The van der Waals surface area contributed by atoms with E-state index in [1.807, 2.05) is 38.1 Å². The molecule has 0 radical (unpaired) electrons. The number of hydrogen-bond donors (Lipinski definition) is 1. The summed E-state index contributed by atoms with van der Waals surface area (Å²) in [7, 11) is -3.61. The van der Waals surface area contributed by atoms with E-state index in [9.17, 15) is 13.2 Å². The number of para-hydroxylation sites is 1. The maximum Gasteiger partial charge on any atom is 0.241 e. The molecule has 6 nitrogen and oxygen atoms in total.